The summed E-state index contributed by atoms with van der Waals surface area (Å²) < 4.78 is 6.54. The fourth-order valence-corrected chi connectivity index (χ4v) is 2.52. The van der Waals surface area contributed by atoms with Gasteiger partial charge in [0.15, 0.2) is 0 Å². The Balaban J connectivity index is 2.03. The van der Waals surface area contributed by atoms with Gasteiger partial charge in [0, 0.05) is 36.7 Å². The van der Waals surface area contributed by atoms with E-state index in [-0.39, 0.29) is 12.0 Å². The van der Waals surface area contributed by atoms with Crippen molar-refractivity contribution in [1.82, 2.24) is 10.2 Å². The molecule has 1 heterocycles. The lowest BCUT2D eigenvalue weighted by Crippen LogP contribution is -2.45. The van der Waals surface area contributed by atoms with Crippen LogP contribution in [-0.4, -0.2) is 50.2 Å². The van der Waals surface area contributed by atoms with Gasteiger partial charge in [-0.15, -0.1) is 0 Å². The predicted octanol–water partition coefficient (Wildman–Crippen LogP) is 1.82. The normalized spacial score (nSPS) is 19.2. The maximum Gasteiger partial charge on any atom is 0.253 e. The van der Waals surface area contributed by atoms with Crippen LogP contribution in [0.4, 0.5) is 0 Å². The molecule has 1 aliphatic rings. The summed E-state index contributed by atoms with van der Waals surface area (Å²) in [7, 11) is 1.82. The summed E-state index contributed by atoms with van der Waals surface area (Å²) >= 11 is 3.41. The van der Waals surface area contributed by atoms with Gasteiger partial charge in [0.05, 0.1) is 12.7 Å². The molecule has 1 unspecified atom stereocenters. The van der Waals surface area contributed by atoms with Gasteiger partial charge in [-0.1, -0.05) is 22.0 Å². The van der Waals surface area contributed by atoms with E-state index in [1.807, 2.05) is 32.2 Å². The molecule has 2 rings (SSSR count). The van der Waals surface area contributed by atoms with Crippen LogP contribution in [0.15, 0.2) is 22.7 Å². The molecule has 1 N–H and O–H groups in total. The lowest BCUT2D eigenvalue weighted by Gasteiger charge is -2.28. The molecule has 5 heteroatoms. The number of aryl methyl sites for hydroxylation is 1. The first-order valence-electron chi connectivity index (χ1n) is 6.42. The summed E-state index contributed by atoms with van der Waals surface area (Å²) in [5, 5.41) is 3.27. The number of rotatable bonds is 3. The molecule has 1 amide bonds. The lowest BCUT2D eigenvalue weighted by atomic mass is 10.1. The molecular formula is C14H19BrN2O2. The molecule has 0 spiro atoms. The number of likely N-dealkylation sites (N-methyl/N-ethyl adjacent to an activating group) is 1. The summed E-state index contributed by atoms with van der Waals surface area (Å²) in [5.41, 5.74) is 1.73. The van der Waals surface area contributed by atoms with Crippen molar-refractivity contribution in [2.45, 2.75) is 13.0 Å². The van der Waals surface area contributed by atoms with Crippen LogP contribution in [-0.2, 0) is 4.74 Å². The molecule has 104 valence electrons. The Hall–Kier alpha value is -0.910. The van der Waals surface area contributed by atoms with Crippen molar-refractivity contribution in [3.8, 4) is 0 Å². The van der Waals surface area contributed by atoms with Crippen molar-refractivity contribution in [3.05, 3.63) is 33.8 Å². The molecule has 1 aromatic rings. The van der Waals surface area contributed by atoms with Crippen LogP contribution in [0.5, 0.6) is 0 Å². The summed E-state index contributed by atoms with van der Waals surface area (Å²) in [6.45, 7) is 4.96. The zero-order valence-corrected chi connectivity index (χ0v) is 12.9. The molecule has 1 aromatic carbocycles. The molecule has 1 fully saturated rings. The van der Waals surface area contributed by atoms with Gasteiger partial charge in [0.25, 0.3) is 5.91 Å². The number of hydrogen-bond donors (Lipinski definition) is 1. The van der Waals surface area contributed by atoms with E-state index in [0.717, 1.165) is 28.7 Å². The number of nitrogens with zero attached hydrogens (tertiary/aromatic N) is 1. The molecule has 0 aliphatic carbocycles. The number of nitrogens with one attached hydrogen (secondary N) is 1. The van der Waals surface area contributed by atoms with Crippen LogP contribution in [0.25, 0.3) is 0 Å². The van der Waals surface area contributed by atoms with E-state index in [1.165, 1.54) is 0 Å². The van der Waals surface area contributed by atoms with Gasteiger partial charge in [-0.3, -0.25) is 4.79 Å². The topological polar surface area (TPSA) is 41.6 Å². The quantitative estimate of drug-likeness (QED) is 0.921. The first-order valence-corrected chi connectivity index (χ1v) is 7.21. The number of carbonyl (C=O) groups excluding carboxylic acids is 1. The minimum absolute atomic E-state index is 0.0352. The van der Waals surface area contributed by atoms with Crippen molar-refractivity contribution >= 4 is 21.8 Å². The largest absolute Gasteiger partial charge is 0.374 e. The highest BCUT2D eigenvalue weighted by atomic mass is 79.9. The van der Waals surface area contributed by atoms with Crippen LogP contribution in [0, 0.1) is 6.92 Å². The predicted molar refractivity (Wildman–Crippen MR) is 78.4 cm³/mol. The average Bonchev–Trinajstić information content (AvgIpc) is 2.42. The van der Waals surface area contributed by atoms with Gasteiger partial charge >= 0.3 is 0 Å². The van der Waals surface area contributed by atoms with E-state index >= 15 is 0 Å². The number of halogens is 1. The number of morpholine rings is 1. The van der Waals surface area contributed by atoms with Crippen molar-refractivity contribution < 1.29 is 9.53 Å². The maximum atomic E-state index is 12.4. The third-order valence-electron chi connectivity index (χ3n) is 3.26. The lowest BCUT2D eigenvalue weighted by molar-refractivity contribution is 0.0103. The first kappa shape index (κ1) is 14.5. The highest BCUT2D eigenvalue weighted by Crippen LogP contribution is 2.17. The van der Waals surface area contributed by atoms with E-state index in [9.17, 15) is 4.79 Å². The van der Waals surface area contributed by atoms with Crippen LogP contribution in [0.3, 0.4) is 0 Å². The molecule has 0 bridgehead atoms. The van der Waals surface area contributed by atoms with Crippen LogP contribution >= 0.6 is 15.9 Å². The summed E-state index contributed by atoms with van der Waals surface area (Å²) in [5.74, 6) is 0.0352. The van der Waals surface area contributed by atoms with Gasteiger partial charge in [0.1, 0.15) is 0 Å². The minimum atomic E-state index is 0.0352. The second-order valence-electron chi connectivity index (χ2n) is 4.84. The third kappa shape index (κ3) is 3.78. The summed E-state index contributed by atoms with van der Waals surface area (Å²) in [6, 6.07) is 5.76. The number of ether oxygens (including phenoxy) is 1. The van der Waals surface area contributed by atoms with Crippen molar-refractivity contribution in [3.63, 3.8) is 0 Å². The fraction of sp³-hybridized carbons (Fsp3) is 0.500. The molecule has 1 atom stereocenters. The summed E-state index contributed by atoms with van der Waals surface area (Å²) in [4.78, 5) is 14.1. The van der Waals surface area contributed by atoms with Gasteiger partial charge in [0.2, 0.25) is 0 Å². The Bertz CT molecular complexity index is 459. The van der Waals surface area contributed by atoms with Crippen molar-refractivity contribution in [1.29, 1.82) is 0 Å². The van der Waals surface area contributed by atoms with Crippen LogP contribution in [0.2, 0.25) is 0 Å². The van der Waals surface area contributed by atoms with Crippen molar-refractivity contribution in [2.24, 2.45) is 0 Å². The van der Waals surface area contributed by atoms with E-state index in [0.29, 0.717) is 13.2 Å². The molecule has 4 nitrogen and oxygen atoms in total. The molecule has 0 aromatic heterocycles. The van der Waals surface area contributed by atoms with Gasteiger partial charge in [-0.25, -0.2) is 0 Å². The van der Waals surface area contributed by atoms with E-state index in [1.54, 1.807) is 4.90 Å². The highest BCUT2D eigenvalue weighted by Gasteiger charge is 2.20. The van der Waals surface area contributed by atoms with E-state index in [2.05, 4.69) is 21.2 Å². The van der Waals surface area contributed by atoms with E-state index < -0.39 is 0 Å². The van der Waals surface area contributed by atoms with Gasteiger partial charge in [-0.2, -0.15) is 0 Å². The fourth-order valence-electron chi connectivity index (χ4n) is 2.16. The van der Waals surface area contributed by atoms with Crippen LogP contribution in [0.1, 0.15) is 15.9 Å². The number of amides is 1. The SMILES string of the molecule is Cc1ccc(Br)cc1C(=O)N(C)CC1CNCCO1. The number of hydrogen-bond acceptors (Lipinski definition) is 3. The maximum absolute atomic E-state index is 12.4. The first-order chi connectivity index (χ1) is 9.08. The summed E-state index contributed by atoms with van der Waals surface area (Å²) in [6.07, 6.45) is 0.0789. The third-order valence-corrected chi connectivity index (χ3v) is 3.75. The highest BCUT2D eigenvalue weighted by molar-refractivity contribution is 9.10. The van der Waals surface area contributed by atoms with Crippen molar-refractivity contribution in [2.75, 3.05) is 33.3 Å². The Kier molecular flexibility index (Phi) is 4.96. The van der Waals surface area contributed by atoms with E-state index in [4.69, 9.17) is 4.74 Å². The second-order valence-corrected chi connectivity index (χ2v) is 5.76. The minimum Gasteiger partial charge on any atom is -0.374 e. The molecule has 0 saturated carbocycles. The molecule has 1 saturated heterocycles. The molecule has 19 heavy (non-hydrogen) atoms. The molecule has 1 aliphatic heterocycles. The Morgan fingerprint density at radius 2 is 2.37 bits per heavy atom. The second kappa shape index (κ2) is 6.50. The van der Waals surface area contributed by atoms with Gasteiger partial charge < -0.3 is 15.0 Å². The molecule has 0 radical (unpaired) electrons. The average molecular weight is 327 g/mol. The standard InChI is InChI=1S/C14H19BrN2O2/c1-10-3-4-11(15)7-13(10)14(18)17(2)9-12-8-16-5-6-19-12/h3-4,7,12,16H,5-6,8-9H2,1-2H3. The molecular weight excluding hydrogens is 308 g/mol. The number of benzene rings is 1. The van der Waals surface area contributed by atoms with Gasteiger partial charge in [-0.05, 0) is 24.6 Å². The Morgan fingerprint density at radius 1 is 1.58 bits per heavy atom. The number of carbonyl (C=O) groups is 1. The zero-order valence-electron chi connectivity index (χ0n) is 11.3. The smallest absolute Gasteiger partial charge is 0.253 e. The zero-order chi connectivity index (χ0) is 13.8. The van der Waals surface area contributed by atoms with Crippen LogP contribution < -0.4 is 5.32 Å². The monoisotopic (exact) mass is 326 g/mol. The Morgan fingerprint density at radius 3 is 3.05 bits per heavy atom. The Labute approximate surface area is 122 Å².